The SMILES string of the molecule is CN(C)C1CCN(C(=O)c2cccc(N=c3cc(Nc4cccc(Cl)c4)nc4c(=Cc5[nH]c(=O)[nH]c5O)cnn34)c2)C1. The molecule has 5 aromatic rings. The van der Waals surface area contributed by atoms with Gasteiger partial charge in [-0.2, -0.15) is 9.61 Å². The van der Waals surface area contributed by atoms with Crippen molar-refractivity contribution in [3.8, 4) is 5.88 Å². The predicted molar refractivity (Wildman–Crippen MR) is 159 cm³/mol. The number of rotatable bonds is 6. The van der Waals surface area contributed by atoms with Gasteiger partial charge in [-0.1, -0.05) is 23.7 Å². The molecule has 0 spiro atoms. The molecule has 1 saturated heterocycles. The smallest absolute Gasteiger partial charge is 0.326 e. The van der Waals surface area contributed by atoms with Crippen LogP contribution < -0.4 is 21.7 Å². The lowest BCUT2D eigenvalue weighted by molar-refractivity contribution is 0.0783. The molecule has 1 aliphatic heterocycles. The highest BCUT2D eigenvalue weighted by molar-refractivity contribution is 6.30. The van der Waals surface area contributed by atoms with Gasteiger partial charge < -0.3 is 25.2 Å². The normalized spacial score (nSPS) is 16.2. The molecule has 214 valence electrons. The van der Waals surface area contributed by atoms with Crippen molar-refractivity contribution in [2.24, 2.45) is 4.99 Å². The summed E-state index contributed by atoms with van der Waals surface area (Å²) in [4.78, 5) is 43.3. The number of aromatic nitrogens is 5. The summed E-state index contributed by atoms with van der Waals surface area (Å²) in [6.45, 7) is 1.40. The number of likely N-dealkylation sites (tertiary alicyclic amines) is 1. The van der Waals surface area contributed by atoms with Crippen LogP contribution in [-0.4, -0.2) is 78.6 Å². The Morgan fingerprint density at radius 2 is 2.02 bits per heavy atom. The number of H-pyrrole nitrogens is 2. The number of hydrogen-bond donors (Lipinski definition) is 4. The fraction of sp³-hybridized carbons (Fsp3) is 0.207. The number of fused-ring (bicyclic) bond motifs is 1. The minimum atomic E-state index is -0.539. The average molecular weight is 586 g/mol. The van der Waals surface area contributed by atoms with E-state index in [0.29, 0.717) is 57.6 Å². The molecule has 1 amide bonds. The lowest BCUT2D eigenvalue weighted by Crippen LogP contribution is -2.34. The Labute approximate surface area is 244 Å². The zero-order valence-corrected chi connectivity index (χ0v) is 23.6. The Morgan fingerprint density at radius 3 is 2.76 bits per heavy atom. The first-order chi connectivity index (χ1) is 20.2. The molecule has 4 N–H and O–H groups in total. The van der Waals surface area contributed by atoms with Crippen molar-refractivity contribution in [1.82, 2.24) is 34.4 Å². The lowest BCUT2D eigenvalue weighted by atomic mass is 10.2. The van der Waals surface area contributed by atoms with Gasteiger partial charge in [0.15, 0.2) is 11.1 Å². The van der Waals surface area contributed by atoms with E-state index in [4.69, 9.17) is 21.6 Å². The topological polar surface area (TPSA) is 147 Å². The molecule has 0 radical (unpaired) electrons. The standard InChI is InChI=1S/C29H28ClN9O3/c1-37(2)22-9-10-38(16-22)28(41)17-5-3-7-20(11-17)33-25-14-24(32-21-8-4-6-19(30)13-21)35-26-18(15-31-39(25)26)12-23-27(40)36-29(42)34-23/h3-8,11-15,22,32,40H,9-10,16H2,1-2H3,(H2,34,36,42). The molecule has 0 bridgehead atoms. The summed E-state index contributed by atoms with van der Waals surface area (Å²) in [5.74, 6) is 0.134. The highest BCUT2D eigenvalue weighted by Crippen LogP contribution is 2.21. The quantitative estimate of drug-likeness (QED) is 0.239. The second-order valence-electron chi connectivity index (χ2n) is 10.3. The molecule has 1 atom stereocenters. The number of aromatic hydroxyl groups is 1. The summed E-state index contributed by atoms with van der Waals surface area (Å²) in [7, 11) is 4.06. The van der Waals surface area contributed by atoms with Gasteiger partial charge in [0.05, 0.1) is 11.9 Å². The van der Waals surface area contributed by atoms with Crippen LogP contribution in [0, 0.1) is 0 Å². The van der Waals surface area contributed by atoms with Gasteiger partial charge in [-0.3, -0.25) is 9.78 Å². The van der Waals surface area contributed by atoms with Gasteiger partial charge in [-0.15, -0.1) is 0 Å². The number of halogens is 1. The van der Waals surface area contributed by atoms with Crippen molar-refractivity contribution in [3.63, 3.8) is 0 Å². The number of amides is 1. The van der Waals surface area contributed by atoms with Gasteiger partial charge in [-0.05, 0) is 63.0 Å². The summed E-state index contributed by atoms with van der Waals surface area (Å²) in [6.07, 6.45) is 4.06. The van der Waals surface area contributed by atoms with Crippen LogP contribution in [0.25, 0.3) is 11.7 Å². The van der Waals surface area contributed by atoms with E-state index in [1.165, 1.54) is 0 Å². The molecule has 13 heteroatoms. The summed E-state index contributed by atoms with van der Waals surface area (Å²) in [6, 6.07) is 16.5. The van der Waals surface area contributed by atoms with E-state index in [1.54, 1.807) is 47.1 Å². The largest absolute Gasteiger partial charge is 0.493 e. The molecule has 4 heterocycles. The highest BCUT2D eigenvalue weighted by Gasteiger charge is 2.28. The van der Waals surface area contributed by atoms with Crippen molar-refractivity contribution in [2.75, 3.05) is 32.5 Å². The molecule has 0 aliphatic carbocycles. The number of carbonyl (C=O) groups is 1. The summed E-state index contributed by atoms with van der Waals surface area (Å²) < 4.78 is 1.55. The van der Waals surface area contributed by atoms with E-state index in [1.807, 2.05) is 43.3 Å². The van der Waals surface area contributed by atoms with Crippen molar-refractivity contribution >= 4 is 46.4 Å². The molecule has 1 aliphatic rings. The number of anilines is 2. The first-order valence-electron chi connectivity index (χ1n) is 13.3. The lowest BCUT2D eigenvalue weighted by Gasteiger charge is -2.20. The van der Waals surface area contributed by atoms with Gasteiger partial charge in [0.25, 0.3) is 5.91 Å². The second-order valence-corrected chi connectivity index (χ2v) is 10.7. The molecule has 3 aromatic heterocycles. The van der Waals surface area contributed by atoms with Crippen LogP contribution >= 0.6 is 11.6 Å². The molecule has 1 fully saturated rings. The van der Waals surface area contributed by atoms with Crippen LogP contribution in [0.4, 0.5) is 17.2 Å². The monoisotopic (exact) mass is 585 g/mol. The van der Waals surface area contributed by atoms with Crippen LogP contribution in [0.1, 0.15) is 22.5 Å². The van der Waals surface area contributed by atoms with Crippen molar-refractivity contribution in [1.29, 1.82) is 0 Å². The number of aromatic amines is 2. The zero-order chi connectivity index (χ0) is 29.4. The Balaban J connectivity index is 1.44. The molecule has 42 heavy (non-hydrogen) atoms. The third-order valence-corrected chi connectivity index (χ3v) is 7.37. The Kier molecular flexibility index (Phi) is 7.23. The number of benzene rings is 2. The second kappa shape index (κ2) is 11.1. The van der Waals surface area contributed by atoms with E-state index in [-0.39, 0.29) is 17.5 Å². The first kappa shape index (κ1) is 27.2. The van der Waals surface area contributed by atoms with Crippen molar-refractivity contribution in [3.05, 3.63) is 98.3 Å². The molecule has 12 nitrogen and oxygen atoms in total. The minimum absolute atomic E-state index is 0.0316. The summed E-state index contributed by atoms with van der Waals surface area (Å²) in [5.41, 5.74) is 2.35. The maximum Gasteiger partial charge on any atom is 0.326 e. The Morgan fingerprint density at radius 1 is 1.19 bits per heavy atom. The maximum absolute atomic E-state index is 13.3. The average Bonchev–Trinajstić information content (AvgIpc) is 3.68. The molecular weight excluding hydrogens is 558 g/mol. The van der Waals surface area contributed by atoms with E-state index in [2.05, 4.69) is 25.3 Å². The van der Waals surface area contributed by atoms with Crippen LogP contribution in [0.15, 0.2) is 70.6 Å². The number of hydrogen-bond acceptors (Lipinski definition) is 8. The van der Waals surface area contributed by atoms with Crippen molar-refractivity contribution < 1.29 is 9.90 Å². The number of imidazole rings is 1. The third-order valence-electron chi connectivity index (χ3n) is 7.13. The van der Waals surface area contributed by atoms with Crippen molar-refractivity contribution in [2.45, 2.75) is 12.5 Å². The van der Waals surface area contributed by atoms with Gasteiger partial charge >= 0.3 is 5.69 Å². The van der Waals surface area contributed by atoms with Gasteiger partial charge in [0.2, 0.25) is 5.88 Å². The number of carbonyl (C=O) groups excluding carboxylic acids is 1. The molecule has 1 unspecified atom stereocenters. The Bertz CT molecular complexity index is 1980. The van der Waals surface area contributed by atoms with E-state index < -0.39 is 5.69 Å². The van der Waals surface area contributed by atoms with Crippen LogP contribution in [-0.2, 0) is 0 Å². The molecule has 6 rings (SSSR count). The number of likely N-dealkylation sites (N-methyl/N-ethyl adjacent to an activating group) is 1. The van der Waals surface area contributed by atoms with E-state index >= 15 is 0 Å². The van der Waals surface area contributed by atoms with Gasteiger partial charge in [0.1, 0.15) is 11.5 Å². The van der Waals surface area contributed by atoms with E-state index in [9.17, 15) is 14.7 Å². The van der Waals surface area contributed by atoms with Crippen LogP contribution in [0.3, 0.4) is 0 Å². The fourth-order valence-electron chi connectivity index (χ4n) is 4.94. The predicted octanol–water partition coefficient (Wildman–Crippen LogP) is 2.40. The van der Waals surface area contributed by atoms with Gasteiger partial charge in [-0.25, -0.2) is 14.8 Å². The molecule has 0 saturated carbocycles. The number of nitrogens with zero attached hydrogens (tertiary/aromatic N) is 6. The molecule has 2 aromatic carbocycles. The number of nitrogens with one attached hydrogen (secondary N) is 3. The van der Waals surface area contributed by atoms with Crippen LogP contribution in [0.5, 0.6) is 5.88 Å². The summed E-state index contributed by atoms with van der Waals surface area (Å²) in [5, 5.41) is 18.9. The Hall–Kier alpha value is -4.94. The van der Waals surface area contributed by atoms with Crippen LogP contribution in [0.2, 0.25) is 5.02 Å². The minimum Gasteiger partial charge on any atom is -0.493 e. The maximum atomic E-state index is 13.3. The third kappa shape index (κ3) is 5.62. The highest BCUT2D eigenvalue weighted by atomic mass is 35.5. The zero-order valence-electron chi connectivity index (χ0n) is 22.9. The fourth-order valence-corrected chi connectivity index (χ4v) is 5.13. The summed E-state index contributed by atoms with van der Waals surface area (Å²) >= 11 is 6.18. The first-order valence-corrected chi connectivity index (χ1v) is 13.7. The van der Waals surface area contributed by atoms with E-state index in [0.717, 1.165) is 12.1 Å². The molecular formula is C29H28ClN9O3. The van der Waals surface area contributed by atoms with Gasteiger partial charge in [0, 0.05) is 46.7 Å².